The maximum absolute atomic E-state index is 12.8. The van der Waals surface area contributed by atoms with Crippen molar-refractivity contribution in [2.75, 3.05) is 46.1 Å². The monoisotopic (exact) mass is 560 g/mol. The fraction of sp³-hybridized carbons (Fsp3) is 0.320. The average molecular weight is 561 g/mol. The molecule has 4 rings (SSSR count). The molecule has 2 saturated heterocycles. The van der Waals surface area contributed by atoms with E-state index < -0.39 is 0 Å². The van der Waals surface area contributed by atoms with Gasteiger partial charge in [-0.25, -0.2) is 0 Å². The first-order valence-corrected chi connectivity index (χ1v) is 12.7. The maximum Gasteiger partial charge on any atom is 0.293 e. The molecule has 3 amide bonds. The van der Waals surface area contributed by atoms with E-state index in [9.17, 15) is 14.4 Å². The van der Waals surface area contributed by atoms with Crippen molar-refractivity contribution < 1.29 is 28.6 Å². The van der Waals surface area contributed by atoms with Crippen LogP contribution in [0.4, 0.5) is 4.79 Å². The normalized spacial score (nSPS) is 17.3. The highest BCUT2D eigenvalue weighted by atomic mass is 79.9. The summed E-state index contributed by atoms with van der Waals surface area (Å²) >= 11 is 4.36. The molecule has 8 nitrogen and oxygen atoms in total. The summed E-state index contributed by atoms with van der Waals surface area (Å²) in [6.45, 7) is 4.51. The van der Waals surface area contributed by atoms with Crippen molar-refractivity contribution in [2.45, 2.75) is 6.92 Å². The Labute approximate surface area is 216 Å². The predicted octanol–water partition coefficient (Wildman–Crippen LogP) is 4.11. The second-order valence-corrected chi connectivity index (χ2v) is 9.81. The molecule has 0 aromatic heterocycles. The van der Waals surface area contributed by atoms with Gasteiger partial charge in [0.15, 0.2) is 6.61 Å². The van der Waals surface area contributed by atoms with E-state index in [1.807, 2.05) is 31.2 Å². The zero-order valence-electron chi connectivity index (χ0n) is 19.2. The molecule has 10 heteroatoms. The molecule has 0 saturated carbocycles. The van der Waals surface area contributed by atoms with Gasteiger partial charge in [-0.3, -0.25) is 19.3 Å². The van der Waals surface area contributed by atoms with Gasteiger partial charge in [-0.15, -0.1) is 0 Å². The molecule has 0 spiro atoms. The van der Waals surface area contributed by atoms with E-state index in [4.69, 9.17) is 14.2 Å². The SMILES string of the molecule is Cc1ccc(OCCN2C(=O)S/C(=C\c3ccc(OCC(=O)N4CCOCC4)c(Br)c3)C2=O)cc1. The van der Waals surface area contributed by atoms with Crippen molar-refractivity contribution in [3.63, 3.8) is 0 Å². The van der Waals surface area contributed by atoms with Crippen molar-refractivity contribution in [2.24, 2.45) is 0 Å². The molecule has 2 aliphatic rings. The largest absolute Gasteiger partial charge is 0.492 e. The third-order valence-corrected chi connectivity index (χ3v) is 6.97. The number of carbonyl (C=O) groups is 3. The smallest absolute Gasteiger partial charge is 0.293 e. The van der Waals surface area contributed by atoms with E-state index >= 15 is 0 Å². The Balaban J connectivity index is 1.32. The van der Waals surface area contributed by atoms with Crippen LogP contribution in [-0.2, 0) is 14.3 Å². The van der Waals surface area contributed by atoms with Crippen LogP contribution in [0.25, 0.3) is 6.08 Å². The molecular weight excluding hydrogens is 536 g/mol. The van der Waals surface area contributed by atoms with Gasteiger partial charge >= 0.3 is 0 Å². The quantitative estimate of drug-likeness (QED) is 0.449. The molecule has 35 heavy (non-hydrogen) atoms. The van der Waals surface area contributed by atoms with Gasteiger partial charge < -0.3 is 19.1 Å². The summed E-state index contributed by atoms with van der Waals surface area (Å²) in [6.07, 6.45) is 1.67. The van der Waals surface area contributed by atoms with Crippen LogP contribution in [0.15, 0.2) is 51.8 Å². The number of carbonyl (C=O) groups excluding carboxylic acids is 3. The van der Waals surface area contributed by atoms with E-state index in [0.717, 1.165) is 22.9 Å². The zero-order valence-corrected chi connectivity index (χ0v) is 21.6. The van der Waals surface area contributed by atoms with Crippen LogP contribution >= 0.6 is 27.7 Å². The fourth-order valence-corrected chi connectivity index (χ4v) is 4.88. The summed E-state index contributed by atoms with van der Waals surface area (Å²) in [7, 11) is 0. The lowest BCUT2D eigenvalue weighted by Gasteiger charge is -2.26. The predicted molar refractivity (Wildman–Crippen MR) is 136 cm³/mol. The first kappa shape index (κ1) is 25.3. The number of ether oxygens (including phenoxy) is 3. The molecule has 184 valence electrons. The molecule has 0 radical (unpaired) electrons. The van der Waals surface area contributed by atoms with E-state index in [0.29, 0.717) is 47.2 Å². The highest BCUT2D eigenvalue weighted by Crippen LogP contribution is 2.34. The van der Waals surface area contributed by atoms with Gasteiger partial charge in [0.2, 0.25) is 0 Å². The minimum absolute atomic E-state index is 0.0680. The molecule has 2 aromatic carbocycles. The van der Waals surface area contributed by atoms with Gasteiger partial charge in [0.05, 0.1) is 29.1 Å². The summed E-state index contributed by atoms with van der Waals surface area (Å²) in [4.78, 5) is 40.7. The Morgan fingerprint density at radius 3 is 2.57 bits per heavy atom. The minimum Gasteiger partial charge on any atom is -0.492 e. The van der Waals surface area contributed by atoms with Crippen LogP contribution in [-0.4, -0.2) is 72.9 Å². The van der Waals surface area contributed by atoms with Crippen LogP contribution in [0.1, 0.15) is 11.1 Å². The second-order valence-electron chi connectivity index (χ2n) is 7.97. The standard InChI is InChI=1S/C25H25BrN2O6S/c1-17-2-5-19(6-3-17)33-13-10-28-24(30)22(35-25(28)31)15-18-4-7-21(20(26)14-18)34-16-23(29)27-8-11-32-12-9-27/h2-7,14-15H,8-13,16H2,1H3/b22-15-. The van der Waals surface area contributed by atoms with Crippen molar-refractivity contribution in [3.8, 4) is 11.5 Å². The van der Waals surface area contributed by atoms with Gasteiger partial charge in [0.25, 0.3) is 17.1 Å². The first-order valence-electron chi connectivity index (χ1n) is 11.1. The maximum atomic E-state index is 12.8. The molecule has 0 atom stereocenters. The van der Waals surface area contributed by atoms with Crippen LogP contribution in [0.2, 0.25) is 0 Å². The second kappa shape index (κ2) is 11.7. The number of aryl methyl sites for hydroxylation is 1. The minimum atomic E-state index is -0.347. The average Bonchev–Trinajstić information content (AvgIpc) is 3.12. The molecule has 2 aromatic rings. The lowest BCUT2D eigenvalue weighted by atomic mass is 10.2. The van der Waals surface area contributed by atoms with Gasteiger partial charge in [0.1, 0.15) is 18.1 Å². The summed E-state index contributed by atoms with van der Waals surface area (Å²) in [5.41, 5.74) is 1.85. The number of hydrogen-bond donors (Lipinski definition) is 0. The highest BCUT2D eigenvalue weighted by Gasteiger charge is 2.34. The number of amides is 3. The number of halogens is 1. The topological polar surface area (TPSA) is 85.4 Å². The molecule has 0 N–H and O–H groups in total. The zero-order chi connectivity index (χ0) is 24.8. The van der Waals surface area contributed by atoms with Crippen LogP contribution in [0.5, 0.6) is 11.5 Å². The number of thioether (sulfide) groups is 1. The number of nitrogens with zero attached hydrogens (tertiary/aromatic N) is 2. The lowest BCUT2D eigenvalue weighted by molar-refractivity contribution is -0.137. The Morgan fingerprint density at radius 1 is 1.11 bits per heavy atom. The Bertz CT molecular complexity index is 1130. The highest BCUT2D eigenvalue weighted by molar-refractivity contribution is 9.10. The number of morpholine rings is 1. The van der Waals surface area contributed by atoms with Gasteiger partial charge in [-0.2, -0.15) is 0 Å². The van der Waals surface area contributed by atoms with Crippen molar-refractivity contribution in [1.29, 1.82) is 0 Å². The number of benzene rings is 2. The van der Waals surface area contributed by atoms with Crippen molar-refractivity contribution in [3.05, 3.63) is 63.0 Å². The van der Waals surface area contributed by atoms with E-state index in [-0.39, 0.29) is 36.8 Å². The third kappa shape index (κ3) is 6.65. The van der Waals surface area contributed by atoms with Crippen molar-refractivity contribution >= 4 is 50.8 Å². The molecule has 2 aliphatic heterocycles. The van der Waals surface area contributed by atoms with Crippen LogP contribution < -0.4 is 9.47 Å². The lowest BCUT2D eigenvalue weighted by Crippen LogP contribution is -2.43. The Hall–Kier alpha value is -2.82. The summed E-state index contributed by atoms with van der Waals surface area (Å²) in [5.74, 6) is 0.770. The number of imide groups is 1. The van der Waals surface area contributed by atoms with E-state index in [2.05, 4.69) is 15.9 Å². The molecule has 0 unspecified atom stereocenters. The third-order valence-electron chi connectivity index (χ3n) is 5.45. The summed E-state index contributed by atoms with van der Waals surface area (Å²) < 4.78 is 17.2. The number of rotatable bonds is 8. The van der Waals surface area contributed by atoms with Crippen LogP contribution in [0, 0.1) is 6.92 Å². The fourth-order valence-electron chi connectivity index (χ4n) is 3.50. The Morgan fingerprint density at radius 2 is 1.86 bits per heavy atom. The first-order chi connectivity index (χ1) is 16.9. The van der Waals surface area contributed by atoms with E-state index in [1.165, 1.54) is 4.90 Å². The summed E-state index contributed by atoms with van der Waals surface area (Å²) in [6, 6.07) is 12.9. The molecule has 2 fully saturated rings. The molecule has 2 heterocycles. The molecule has 0 aliphatic carbocycles. The van der Waals surface area contributed by atoms with Crippen molar-refractivity contribution in [1.82, 2.24) is 9.80 Å². The molecular formula is C25H25BrN2O6S. The Kier molecular flexibility index (Phi) is 8.48. The molecule has 0 bridgehead atoms. The van der Waals surface area contributed by atoms with Gasteiger partial charge in [-0.1, -0.05) is 23.8 Å². The summed E-state index contributed by atoms with van der Waals surface area (Å²) in [5, 5.41) is -0.325. The van der Waals surface area contributed by atoms with Crippen LogP contribution in [0.3, 0.4) is 0 Å². The number of hydrogen-bond acceptors (Lipinski definition) is 7. The van der Waals surface area contributed by atoms with Gasteiger partial charge in [-0.05, 0) is 70.5 Å². The van der Waals surface area contributed by atoms with Gasteiger partial charge in [0, 0.05) is 13.1 Å². The van der Waals surface area contributed by atoms with E-state index in [1.54, 1.807) is 29.2 Å².